The molecule has 2 heterocycles. The first-order chi connectivity index (χ1) is 16.3. The van der Waals surface area contributed by atoms with Crippen LogP contribution in [0.25, 0.3) is 0 Å². The number of nitrogens with one attached hydrogen (secondary N) is 1. The van der Waals surface area contributed by atoms with Crippen LogP contribution < -0.4 is 5.32 Å². The number of thiazole rings is 1. The van der Waals surface area contributed by atoms with Gasteiger partial charge < -0.3 is 24.8 Å². The fraction of sp³-hybridized carbons (Fsp3) is 0.500. The van der Waals surface area contributed by atoms with Crippen molar-refractivity contribution in [1.29, 1.82) is 0 Å². The predicted molar refractivity (Wildman–Crippen MR) is 132 cm³/mol. The minimum Gasteiger partial charge on any atom is -0.450 e. The lowest BCUT2D eigenvalue weighted by molar-refractivity contribution is 0.0566. The van der Waals surface area contributed by atoms with E-state index in [0.29, 0.717) is 50.0 Å². The number of nitrogens with zero attached hydrogens (tertiary/aromatic N) is 4. The maximum absolute atomic E-state index is 13.0. The van der Waals surface area contributed by atoms with Gasteiger partial charge in [0.25, 0.3) is 5.91 Å². The Hall–Kier alpha value is -3.14. The van der Waals surface area contributed by atoms with Crippen LogP contribution >= 0.6 is 11.3 Å². The molecule has 0 saturated carbocycles. The van der Waals surface area contributed by atoms with Gasteiger partial charge in [-0.05, 0) is 38.8 Å². The summed E-state index contributed by atoms with van der Waals surface area (Å²) in [6.45, 7) is 10.1. The first kappa shape index (κ1) is 25.5. The lowest BCUT2D eigenvalue weighted by atomic mass is 10.1. The van der Waals surface area contributed by atoms with Gasteiger partial charge >= 0.3 is 12.1 Å². The average Bonchev–Trinajstić information content (AvgIpc) is 3.31. The Balaban J connectivity index is 1.61. The minimum atomic E-state index is -0.348. The Bertz CT molecular complexity index is 1000. The largest absolute Gasteiger partial charge is 0.450 e. The van der Waals surface area contributed by atoms with Crippen LogP contribution in [0.5, 0.6) is 0 Å². The molecule has 0 unspecified atom stereocenters. The SMILES string of the molecule is CCOC(=O)N1CCN(C(=O)c2csc(CN(C(=O)Nc3ccccc3CC)C(C)C)n2)CC1. The summed E-state index contributed by atoms with van der Waals surface area (Å²) in [6, 6.07) is 7.51. The lowest BCUT2D eigenvalue weighted by Crippen LogP contribution is -2.50. The summed E-state index contributed by atoms with van der Waals surface area (Å²) in [4.78, 5) is 47.3. The molecule has 1 aliphatic rings. The zero-order valence-electron chi connectivity index (χ0n) is 20.2. The van der Waals surface area contributed by atoms with Crippen LogP contribution in [-0.4, -0.2) is 76.5 Å². The number of ether oxygens (including phenoxy) is 1. The quantitative estimate of drug-likeness (QED) is 0.635. The Kier molecular flexibility index (Phi) is 8.86. The van der Waals surface area contributed by atoms with Crippen molar-refractivity contribution in [3.8, 4) is 0 Å². The number of hydrogen-bond donors (Lipinski definition) is 1. The van der Waals surface area contributed by atoms with Crippen molar-refractivity contribution in [1.82, 2.24) is 19.7 Å². The van der Waals surface area contributed by atoms with Gasteiger partial charge in [-0.25, -0.2) is 14.6 Å². The van der Waals surface area contributed by atoms with Gasteiger partial charge in [-0.2, -0.15) is 0 Å². The number of amides is 4. The number of rotatable bonds is 7. The lowest BCUT2D eigenvalue weighted by Gasteiger charge is -2.33. The van der Waals surface area contributed by atoms with E-state index in [2.05, 4.69) is 17.2 Å². The van der Waals surface area contributed by atoms with Crippen LogP contribution in [0.1, 0.15) is 48.8 Å². The molecule has 1 aromatic carbocycles. The van der Waals surface area contributed by atoms with Gasteiger partial charge in [-0.1, -0.05) is 25.1 Å². The van der Waals surface area contributed by atoms with Gasteiger partial charge in [-0.3, -0.25) is 4.79 Å². The van der Waals surface area contributed by atoms with Crippen molar-refractivity contribution in [3.63, 3.8) is 0 Å². The monoisotopic (exact) mass is 487 g/mol. The average molecular weight is 488 g/mol. The third-order valence-corrected chi connectivity index (χ3v) is 6.53. The molecule has 10 heteroatoms. The van der Waals surface area contributed by atoms with Crippen molar-refractivity contribution < 1.29 is 19.1 Å². The highest BCUT2D eigenvalue weighted by Crippen LogP contribution is 2.20. The molecule has 2 aromatic rings. The van der Waals surface area contributed by atoms with Gasteiger partial charge in [-0.15, -0.1) is 11.3 Å². The number of benzene rings is 1. The Morgan fingerprint density at radius 2 is 1.79 bits per heavy atom. The number of anilines is 1. The first-order valence-corrected chi connectivity index (χ1v) is 12.5. The molecule has 1 fully saturated rings. The van der Waals surface area contributed by atoms with Gasteiger partial charge in [0.2, 0.25) is 0 Å². The van der Waals surface area contributed by atoms with E-state index < -0.39 is 0 Å². The number of carbonyl (C=O) groups is 3. The summed E-state index contributed by atoms with van der Waals surface area (Å²) in [5, 5.41) is 5.44. The highest BCUT2D eigenvalue weighted by molar-refractivity contribution is 7.09. The Morgan fingerprint density at radius 3 is 2.44 bits per heavy atom. The van der Waals surface area contributed by atoms with Crippen LogP contribution in [0.3, 0.4) is 0 Å². The molecule has 1 aromatic heterocycles. The topological polar surface area (TPSA) is 95.1 Å². The van der Waals surface area contributed by atoms with E-state index in [1.807, 2.05) is 38.1 Å². The van der Waals surface area contributed by atoms with Crippen molar-refractivity contribution in [2.24, 2.45) is 0 Å². The summed E-state index contributed by atoms with van der Waals surface area (Å²) in [5.41, 5.74) is 2.24. The predicted octanol–water partition coefficient (Wildman–Crippen LogP) is 4.06. The molecule has 34 heavy (non-hydrogen) atoms. The van der Waals surface area contributed by atoms with Crippen LogP contribution in [0.4, 0.5) is 15.3 Å². The maximum Gasteiger partial charge on any atom is 0.409 e. The molecular weight excluding hydrogens is 454 g/mol. The summed E-state index contributed by atoms with van der Waals surface area (Å²) >= 11 is 1.37. The van der Waals surface area contributed by atoms with E-state index in [4.69, 9.17) is 4.74 Å². The molecular formula is C24H33N5O4S. The molecule has 4 amide bonds. The zero-order valence-corrected chi connectivity index (χ0v) is 21.1. The van der Waals surface area contributed by atoms with Crippen molar-refractivity contribution in [2.45, 2.75) is 46.7 Å². The molecule has 0 bridgehead atoms. The minimum absolute atomic E-state index is 0.0483. The third kappa shape index (κ3) is 6.25. The smallest absolute Gasteiger partial charge is 0.409 e. The fourth-order valence-corrected chi connectivity index (χ4v) is 4.49. The van der Waals surface area contributed by atoms with Crippen LogP contribution in [0.2, 0.25) is 0 Å². The number of piperazine rings is 1. The molecule has 184 valence electrons. The summed E-state index contributed by atoms with van der Waals surface area (Å²) in [7, 11) is 0. The molecule has 0 spiro atoms. The van der Waals surface area contributed by atoms with Crippen LogP contribution in [0.15, 0.2) is 29.6 Å². The fourth-order valence-electron chi connectivity index (χ4n) is 3.72. The second-order valence-electron chi connectivity index (χ2n) is 8.27. The second kappa shape index (κ2) is 11.8. The number of para-hydroxylation sites is 1. The highest BCUT2D eigenvalue weighted by atomic mass is 32.1. The van der Waals surface area contributed by atoms with Crippen LogP contribution in [-0.2, 0) is 17.7 Å². The maximum atomic E-state index is 13.0. The third-order valence-electron chi connectivity index (χ3n) is 5.69. The van der Waals surface area contributed by atoms with E-state index in [1.165, 1.54) is 11.3 Å². The Labute approximate surface area is 204 Å². The number of aryl methyl sites for hydroxylation is 1. The molecule has 0 aliphatic carbocycles. The molecule has 9 nitrogen and oxygen atoms in total. The van der Waals surface area contributed by atoms with Gasteiger partial charge in [0.1, 0.15) is 10.7 Å². The van der Waals surface area contributed by atoms with Gasteiger partial charge in [0, 0.05) is 43.3 Å². The molecule has 1 N–H and O–H groups in total. The summed E-state index contributed by atoms with van der Waals surface area (Å²) in [6.07, 6.45) is 0.476. The standard InChI is InChI=1S/C24H33N5O4S/c1-5-18-9-7-8-10-19(18)26-23(31)29(17(3)4)15-21-25-20(16-34-21)22(30)27-11-13-28(14-12-27)24(32)33-6-2/h7-10,16-17H,5-6,11-15H2,1-4H3,(H,26,31). The van der Waals surface area contributed by atoms with E-state index >= 15 is 0 Å². The second-order valence-corrected chi connectivity index (χ2v) is 9.21. The van der Waals surface area contributed by atoms with E-state index in [-0.39, 0.29) is 24.1 Å². The van der Waals surface area contributed by atoms with Gasteiger partial charge in [0.15, 0.2) is 0 Å². The summed E-state index contributed by atoms with van der Waals surface area (Å²) in [5.74, 6) is -0.163. The normalized spacial score (nSPS) is 13.7. The molecule has 1 aliphatic heterocycles. The Morgan fingerprint density at radius 1 is 1.12 bits per heavy atom. The first-order valence-electron chi connectivity index (χ1n) is 11.6. The highest BCUT2D eigenvalue weighted by Gasteiger charge is 2.27. The zero-order chi connectivity index (χ0) is 24.7. The number of urea groups is 1. The number of hydrogen-bond acceptors (Lipinski definition) is 6. The van der Waals surface area contributed by atoms with Crippen molar-refractivity contribution >= 4 is 35.1 Å². The number of aromatic nitrogens is 1. The summed E-state index contributed by atoms with van der Waals surface area (Å²) < 4.78 is 5.03. The molecule has 0 atom stereocenters. The van der Waals surface area contributed by atoms with Gasteiger partial charge in [0.05, 0.1) is 13.2 Å². The van der Waals surface area contributed by atoms with Crippen molar-refractivity contribution in [2.75, 3.05) is 38.1 Å². The molecule has 1 saturated heterocycles. The van der Waals surface area contributed by atoms with E-state index in [0.717, 1.165) is 17.7 Å². The molecule has 0 radical (unpaired) electrons. The number of carbonyl (C=O) groups excluding carboxylic acids is 3. The molecule has 3 rings (SSSR count). The van der Waals surface area contributed by atoms with E-state index in [9.17, 15) is 14.4 Å². The van der Waals surface area contributed by atoms with Crippen LogP contribution in [0, 0.1) is 0 Å². The van der Waals surface area contributed by atoms with Crippen molar-refractivity contribution in [3.05, 3.63) is 45.9 Å². The van der Waals surface area contributed by atoms with E-state index in [1.54, 1.807) is 27.0 Å².